The Hall–Kier alpha value is -2.74. The molecule has 0 saturated heterocycles. The van der Waals surface area contributed by atoms with Gasteiger partial charge in [0.2, 0.25) is 0 Å². The first-order chi connectivity index (χ1) is 11.1. The van der Waals surface area contributed by atoms with Crippen LogP contribution in [0.3, 0.4) is 0 Å². The standard InChI is InChI=1S/C18H19N3O2/c1-21-14-4-3-5-15(22)17(14)16(13(10-19)18(21)20)11-6-8-12(23-2)9-7-11/h6-9,16H,3-5,20H2,1-2H3/t16-/m1/s1. The summed E-state index contributed by atoms with van der Waals surface area (Å²) in [7, 11) is 3.43. The summed E-state index contributed by atoms with van der Waals surface area (Å²) >= 11 is 0. The summed E-state index contributed by atoms with van der Waals surface area (Å²) in [6.45, 7) is 0. The van der Waals surface area contributed by atoms with Crippen molar-refractivity contribution in [2.45, 2.75) is 25.2 Å². The largest absolute Gasteiger partial charge is 0.497 e. The van der Waals surface area contributed by atoms with Gasteiger partial charge in [-0.2, -0.15) is 5.26 Å². The first-order valence-electron chi connectivity index (χ1n) is 7.62. The van der Waals surface area contributed by atoms with E-state index in [2.05, 4.69) is 6.07 Å². The van der Waals surface area contributed by atoms with E-state index >= 15 is 0 Å². The van der Waals surface area contributed by atoms with E-state index in [9.17, 15) is 10.1 Å². The molecule has 0 spiro atoms. The number of carbonyl (C=O) groups excluding carboxylic acids is 1. The Balaban J connectivity index is 2.18. The number of rotatable bonds is 2. The van der Waals surface area contributed by atoms with Crippen molar-refractivity contribution in [3.63, 3.8) is 0 Å². The van der Waals surface area contributed by atoms with Crippen LogP contribution in [0.4, 0.5) is 0 Å². The molecule has 0 aromatic heterocycles. The Morgan fingerprint density at radius 2 is 2.00 bits per heavy atom. The van der Waals surface area contributed by atoms with Gasteiger partial charge in [0.25, 0.3) is 0 Å². The lowest BCUT2D eigenvalue weighted by Gasteiger charge is -2.37. The number of ether oxygens (including phenoxy) is 1. The highest BCUT2D eigenvalue weighted by atomic mass is 16.5. The van der Waals surface area contributed by atoms with E-state index in [4.69, 9.17) is 10.5 Å². The lowest BCUT2D eigenvalue weighted by molar-refractivity contribution is -0.116. The van der Waals surface area contributed by atoms with Crippen molar-refractivity contribution >= 4 is 5.78 Å². The van der Waals surface area contributed by atoms with Gasteiger partial charge in [0.05, 0.1) is 24.7 Å². The van der Waals surface area contributed by atoms with Crippen LogP contribution in [0.15, 0.2) is 46.9 Å². The minimum absolute atomic E-state index is 0.110. The van der Waals surface area contributed by atoms with Crippen LogP contribution in [-0.4, -0.2) is 24.8 Å². The molecule has 118 valence electrons. The second-order valence-electron chi connectivity index (χ2n) is 5.81. The zero-order valence-electron chi connectivity index (χ0n) is 13.3. The van der Waals surface area contributed by atoms with Crippen molar-refractivity contribution in [2.24, 2.45) is 5.73 Å². The molecule has 5 heteroatoms. The zero-order chi connectivity index (χ0) is 16.6. The fraction of sp³-hybridized carbons (Fsp3) is 0.333. The van der Waals surface area contributed by atoms with E-state index in [0.29, 0.717) is 17.8 Å². The molecule has 1 heterocycles. The first kappa shape index (κ1) is 15.2. The van der Waals surface area contributed by atoms with Gasteiger partial charge in [0.1, 0.15) is 11.6 Å². The number of nitrogens with two attached hydrogens (primary N) is 1. The minimum atomic E-state index is -0.384. The lowest BCUT2D eigenvalue weighted by Crippen LogP contribution is -2.36. The van der Waals surface area contributed by atoms with Gasteiger partial charge in [-0.05, 0) is 30.5 Å². The number of nitriles is 1. The number of allylic oxidation sites excluding steroid dienone is 3. The molecule has 0 fully saturated rings. The summed E-state index contributed by atoms with van der Waals surface area (Å²) < 4.78 is 5.19. The van der Waals surface area contributed by atoms with E-state index < -0.39 is 0 Å². The van der Waals surface area contributed by atoms with Gasteiger partial charge in [-0.25, -0.2) is 0 Å². The van der Waals surface area contributed by atoms with Crippen LogP contribution in [0.1, 0.15) is 30.7 Å². The topological polar surface area (TPSA) is 79.3 Å². The Morgan fingerprint density at radius 1 is 1.30 bits per heavy atom. The summed E-state index contributed by atoms with van der Waals surface area (Å²) in [5, 5.41) is 9.62. The molecule has 0 amide bonds. The maximum atomic E-state index is 12.6. The number of methoxy groups -OCH3 is 1. The van der Waals surface area contributed by atoms with Crippen molar-refractivity contribution in [1.82, 2.24) is 4.90 Å². The number of benzene rings is 1. The van der Waals surface area contributed by atoms with Crippen LogP contribution in [0.25, 0.3) is 0 Å². The molecule has 23 heavy (non-hydrogen) atoms. The molecular formula is C18H19N3O2. The highest BCUT2D eigenvalue weighted by Crippen LogP contribution is 2.44. The summed E-state index contributed by atoms with van der Waals surface area (Å²) in [4.78, 5) is 14.4. The molecule has 0 unspecified atom stereocenters. The van der Waals surface area contributed by atoms with E-state index in [0.717, 1.165) is 35.4 Å². The van der Waals surface area contributed by atoms with Gasteiger partial charge in [0.15, 0.2) is 5.78 Å². The number of hydrogen-bond donors (Lipinski definition) is 1. The van der Waals surface area contributed by atoms with Gasteiger partial charge in [-0.3, -0.25) is 4.79 Å². The van der Waals surface area contributed by atoms with Crippen LogP contribution in [-0.2, 0) is 4.79 Å². The normalized spacial score (nSPS) is 21.2. The molecule has 1 atom stereocenters. The molecule has 1 aliphatic carbocycles. The Labute approximate surface area is 135 Å². The van der Waals surface area contributed by atoms with E-state index in [1.165, 1.54) is 0 Å². The molecule has 0 radical (unpaired) electrons. The SMILES string of the molecule is COc1ccc([C@@H]2C(C#N)=C(N)N(C)C3=C2C(=O)CCC3)cc1. The molecule has 1 aromatic carbocycles. The number of Topliss-reactive ketones (excluding diaryl/α,β-unsaturated/α-hetero) is 1. The van der Waals surface area contributed by atoms with Gasteiger partial charge >= 0.3 is 0 Å². The maximum absolute atomic E-state index is 12.6. The average molecular weight is 309 g/mol. The number of hydrogen-bond acceptors (Lipinski definition) is 5. The smallest absolute Gasteiger partial charge is 0.161 e. The predicted molar refractivity (Wildman–Crippen MR) is 86.2 cm³/mol. The van der Waals surface area contributed by atoms with Crippen molar-refractivity contribution in [3.8, 4) is 11.8 Å². The molecule has 1 aliphatic heterocycles. The predicted octanol–water partition coefficient (Wildman–Crippen LogP) is 2.43. The monoisotopic (exact) mass is 309 g/mol. The molecular weight excluding hydrogens is 290 g/mol. The fourth-order valence-electron chi connectivity index (χ4n) is 3.39. The molecule has 0 saturated carbocycles. The number of carbonyl (C=O) groups is 1. The Morgan fingerprint density at radius 3 is 2.61 bits per heavy atom. The van der Waals surface area contributed by atoms with Crippen LogP contribution >= 0.6 is 0 Å². The van der Waals surface area contributed by atoms with Crippen molar-refractivity contribution in [3.05, 3.63) is 52.5 Å². The van der Waals surface area contributed by atoms with E-state index in [-0.39, 0.29) is 11.7 Å². The molecule has 3 rings (SSSR count). The van der Waals surface area contributed by atoms with Crippen molar-refractivity contribution in [2.75, 3.05) is 14.2 Å². The summed E-state index contributed by atoms with van der Waals surface area (Å²) in [5.41, 5.74) is 9.17. The van der Waals surface area contributed by atoms with Gasteiger partial charge in [0, 0.05) is 24.7 Å². The lowest BCUT2D eigenvalue weighted by atomic mass is 9.76. The number of ketones is 1. The zero-order valence-corrected chi connectivity index (χ0v) is 13.3. The third-order valence-corrected chi connectivity index (χ3v) is 4.62. The number of nitrogens with zero attached hydrogens (tertiary/aromatic N) is 2. The third-order valence-electron chi connectivity index (χ3n) is 4.62. The quantitative estimate of drug-likeness (QED) is 0.907. The first-order valence-corrected chi connectivity index (χ1v) is 7.62. The van der Waals surface area contributed by atoms with Gasteiger partial charge in [-0.15, -0.1) is 0 Å². The molecule has 0 bridgehead atoms. The summed E-state index contributed by atoms with van der Waals surface area (Å²) in [5.74, 6) is 0.896. The minimum Gasteiger partial charge on any atom is -0.497 e. The van der Waals surface area contributed by atoms with Crippen LogP contribution in [0.2, 0.25) is 0 Å². The van der Waals surface area contributed by atoms with E-state index in [1.54, 1.807) is 12.0 Å². The highest BCUT2D eigenvalue weighted by molar-refractivity contribution is 5.99. The van der Waals surface area contributed by atoms with Crippen LogP contribution < -0.4 is 10.5 Å². The second kappa shape index (κ2) is 5.81. The van der Waals surface area contributed by atoms with Crippen LogP contribution in [0, 0.1) is 11.3 Å². The van der Waals surface area contributed by atoms with E-state index in [1.807, 2.05) is 31.3 Å². The van der Waals surface area contributed by atoms with Gasteiger partial charge < -0.3 is 15.4 Å². The van der Waals surface area contributed by atoms with Gasteiger partial charge in [-0.1, -0.05) is 12.1 Å². The Kier molecular flexibility index (Phi) is 3.83. The van der Waals surface area contributed by atoms with Crippen molar-refractivity contribution < 1.29 is 9.53 Å². The molecule has 1 aromatic rings. The molecule has 2 aliphatic rings. The highest BCUT2D eigenvalue weighted by Gasteiger charge is 2.38. The molecule has 5 nitrogen and oxygen atoms in total. The maximum Gasteiger partial charge on any atom is 0.161 e. The van der Waals surface area contributed by atoms with Crippen molar-refractivity contribution in [1.29, 1.82) is 5.26 Å². The Bertz CT molecular complexity index is 753. The van der Waals surface area contributed by atoms with Crippen LogP contribution in [0.5, 0.6) is 5.75 Å². The summed E-state index contributed by atoms with van der Waals surface area (Å²) in [6, 6.07) is 9.68. The fourth-order valence-corrected chi connectivity index (χ4v) is 3.39. The average Bonchev–Trinajstić information content (AvgIpc) is 2.58. The summed E-state index contributed by atoms with van der Waals surface area (Å²) in [6.07, 6.45) is 2.16. The third kappa shape index (κ3) is 2.36. The molecule has 2 N–H and O–H groups in total. The second-order valence-corrected chi connectivity index (χ2v) is 5.81.